The highest BCUT2D eigenvalue weighted by Crippen LogP contribution is 2.26. The second-order valence-corrected chi connectivity index (χ2v) is 10.3. The molecular weight excluding hydrogens is 452 g/mol. The Balaban J connectivity index is 1.52. The molecule has 1 N–H and O–H groups in total. The minimum absolute atomic E-state index is 0.125. The fourth-order valence-corrected chi connectivity index (χ4v) is 4.47. The molecule has 2 aromatic heterocycles. The highest BCUT2D eigenvalue weighted by Gasteiger charge is 2.20. The molecule has 4 rings (SSSR count). The maximum atomic E-state index is 13.0. The van der Waals surface area contributed by atoms with Crippen molar-refractivity contribution in [1.82, 2.24) is 13.7 Å². The van der Waals surface area contributed by atoms with Gasteiger partial charge in [-0.3, -0.25) is 4.79 Å². The standard InChI is InChI=1S/C25H26N4O4S/c1-17-12-22(34(31,32)28(3)4)14-23(18(17)2)27-25(30)19-8-7-9-21(13-19)33-16-20-15-29-11-6-5-10-24(29)26-20/h5-15H,16H2,1-4H3,(H,27,30). The number of amides is 1. The molecule has 0 aliphatic heterocycles. The van der Waals surface area contributed by atoms with Crippen LogP contribution < -0.4 is 10.1 Å². The predicted octanol–water partition coefficient (Wildman–Crippen LogP) is 4.03. The Morgan fingerprint density at radius 2 is 1.88 bits per heavy atom. The molecule has 4 aromatic rings. The van der Waals surface area contributed by atoms with E-state index in [1.165, 1.54) is 20.2 Å². The topological polar surface area (TPSA) is 93.0 Å². The van der Waals surface area contributed by atoms with Crippen LogP contribution in [0.15, 0.2) is 71.9 Å². The van der Waals surface area contributed by atoms with E-state index in [1.54, 1.807) is 30.3 Å². The van der Waals surface area contributed by atoms with E-state index in [2.05, 4.69) is 10.3 Å². The quantitative estimate of drug-likeness (QED) is 0.433. The summed E-state index contributed by atoms with van der Waals surface area (Å²) in [4.78, 5) is 17.6. The summed E-state index contributed by atoms with van der Waals surface area (Å²) in [5.41, 5.74) is 4.00. The number of rotatable bonds is 7. The maximum absolute atomic E-state index is 13.0. The number of hydrogen-bond donors (Lipinski definition) is 1. The number of aromatic nitrogens is 2. The largest absolute Gasteiger partial charge is 0.487 e. The summed E-state index contributed by atoms with van der Waals surface area (Å²) in [6, 6.07) is 15.7. The van der Waals surface area contributed by atoms with E-state index in [0.29, 0.717) is 17.0 Å². The van der Waals surface area contributed by atoms with Crippen LogP contribution >= 0.6 is 0 Å². The van der Waals surface area contributed by atoms with Crippen molar-refractivity contribution in [2.45, 2.75) is 25.3 Å². The molecule has 2 aromatic carbocycles. The third-order valence-corrected chi connectivity index (χ3v) is 7.36. The molecule has 0 saturated heterocycles. The van der Waals surface area contributed by atoms with Gasteiger partial charge in [-0.25, -0.2) is 17.7 Å². The van der Waals surface area contributed by atoms with Gasteiger partial charge in [0.05, 0.1) is 10.6 Å². The number of carbonyl (C=O) groups is 1. The number of nitrogens with one attached hydrogen (secondary N) is 1. The van der Waals surface area contributed by atoms with Gasteiger partial charge in [0.15, 0.2) is 0 Å². The maximum Gasteiger partial charge on any atom is 0.255 e. The van der Waals surface area contributed by atoms with E-state index in [0.717, 1.165) is 26.8 Å². The van der Waals surface area contributed by atoms with Crippen LogP contribution in [0.5, 0.6) is 5.75 Å². The van der Waals surface area contributed by atoms with Crippen LogP contribution in [0.2, 0.25) is 0 Å². The van der Waals surface area contributed by atoms with Crippen molar-refractivity contribution in [3.8, 4) is 5.75 Å². The van der Waals surface area contributed by atoms with E-state index in [-0.39, 0.29) is 17.4 Å². The van der Waals surface area contributed by atoms with Crippen molar-refractivity contribution < 1.29 is 17.9 Å². The van der Waals surface area contributed by atoms with Gasteiger partial charge in [0.1, 0.15) is 18.0 Å². The first kappa shape index (κ1) is 23.5. The number of nitrogens with zero attached hydrogens (tertiary/aromatic N) is 3. The summed E-state index contributed by atoms with van der Waals surface area (Å²) in [7, 11) is -0.689. The molecule has 0 aliphatic carbocycles. The Morgan fingerprint density at radius 1 is 1.09 bits per heavy atom. The van der Waals surface area contributed by atoms with Gasteiger partial charge in [-0.05, 0) is 67.4 Å². The smallest absolute Gasteiger partial charge is 0.255 e. The first-order chi connectivity index (χ1) is 16.1. The lowest BCUT2D eigenvalue weighted by Crippen LogP contribution is -2.23. The van der Waals surface area contributed by atoms with Crippen molar-refractivity contribution in [2.75, 3.05) is 19.4 Å². The predicted molar refractivity (Wildman–Crippen MR) is 131 cm³/mol. The fourth-order valence-electron chi connectivity index (χ4n) is 3.45. The van der Waals surface area contributed by atoms with E-state index >= 15 is 0 Å². The highest BCUT2D eigenvalue weighted by atomic mass is 32.2. The first-order valence-electron chi connectivity index (χ1n) is 10.7. The summed E-state index contributed by atoms with van der Waals surface area (Å²) in [6.07, 6.45) is 3.81. The van der Waals surface area contributed by atoms with Crippen LogP contribution in [0.4, 0.5) is 5.69 Å². The molecule has 0 spiro atoms. The second kappa shape index (κ2) is 9.28. The summed E-state index contributed by atoms with van der Waals surface area (Å²) in [5.74, 6) is 0.168. The number of fused-ring (bicyclic) bond motifs is 1. The van der Waals surface area contributed by atoms with Crippen molar-refractivity contribution in [1.29, 1.82) is 0 Å². The molecule has 176 valence electrons. The lowest BCUT2D eigenvalue weighted by Gasteiger charge is -2.16. The third-order valence-electron chi connectivity index (χ3n) is 5.56. The average Bonchev–Trinajstić information content (AvgIpc) is 3.23. The van der Waals surface area contributed by atoms with Gasteiger partial charge in [-0.15, -0.1) is 0 Å². The number of aryl methyl sites for hydroxylation is 1. The molecule has 0 bridgehead atoms. The van der Waals surface area contributed by atoms with E-state index in [1.807, 2.05) is 48.8 Å². The first-order valence-corrected chi connectivity index (χ1v) is 12.1. The van der Waals surface area contributed by atoms with E-state index < -0.39 is 10.0 Å². The molecular formula is C25H26N4O4S. The Hall–Kier alpha value is -3.69. The number of imidazole rings is 1. The molecule has 34 heavy (non-hydrogen) atoms. The number of hydrogen-bond acceptors (Lipinski definition) is 5. The molecule has 1 amide bonds. The number of carbonyl (C=O) groups excluding carboxylic acids is 1. The van der Waals surface area contributed by atoms with Crippen molar-refractivity contribution >= 4 is 27.3 Å². The van der Waals surface area contributed by atoms with Gasteiger partial charge in [0.2, 0.25) is 10.0 Å². The lowest BCUT2D eigenvalue weighted by molar-refractivity contribution is 0.102. The Bertz CT molecular complexity index is 1440. The zero-order valence-electron chi connectivity index (χ0n) is 19.4. The molecule has 9 heteroatoms. The van der Waals surface area contributed by atoms with Gasteiger partial charge in [-0.1, -0.05) is 12.1 Å². The summed E-state index contributed by atoms with van der Waals surface area (Å²) < 4.78 is 34.1. The Kier molecular flexibility index (Phi) is 6.41. The number of benzene rings is 2. The van der Waals surface area contributed by atoms with Crippen LogP contribution in [-0.4, -0.2) is 42.1 Å². The lowest BCUT2D eigenvalue weighted by atomic mass is 10.1. The van der Waals surface area contributed by atoms with E-state index in [9.17, 15) is 13.2 Å². The summed E-state index contributed by atoms with van der Waals surface area (Å²) in [6.45, 7) is 3.91. The van der Waals surface area contributed by atoms with Crippen molar-refractivity contribution in [2.24, 2.45) is 0 Å². The van der Waals surface area contributed by atoms with Crippen molar-refractivity contribution in [3.63, 3.8) is 0 Å². The normalized spacial score (nSPS) is 11.7. The minimum atomic E-state index is -3.63. The molecule has 0 saturated carbocycles. The number of ether oxygens (including phenoxy) is 1. The molecule has 0 atom stereocenters. The summed E-state index contributed by atoms with van der Waals surface area (Å²) >= 11 is 0. The van der Waals surface area contributed by atoms with Gasteiger partial charge < -0.3 is 14.5 Å². The van der Waals surface area contributed by atoms with Crippen molar-refractivity contribution in [3.05, 3.63) is 89.4 Å². The molecule has 8 nitrogen and oxygen atoms in total. The molecule has 0 fully saturated rings. The van der Waals surface area contributed by atoms with Crippen LogP contribution in [0.1, 0.15) is 27.2 Å². The zero-order valence-corrected chi connectivity index (χ0v) is 20.3. The monoisotopic (exact) mass is 478 g/mol. The van der Waals surface area contributed by atoms with Crippen LogP contribution in [-0.2, 0) is 16.6 Å². The van der Waals surface area contributed by atoms with Gasteiger partial charge in [0, 0.05) is 37.7 Å². The van der Waals surface area contributed by atoms with Crippen LogP contribution in [0.25, 0.3) is 5.65 Å². The third kappa shape index (κ3) is 4.80. The molecule has 0 radical (unpaired) electrons. The van der Waals surface area contributed by atoms with E-state index in [4.69, 9.17) is 4.74 Å². The second-order valence-electron chi connectivity index (χ2n) is 8.17. The number of sulfonamides is 1. The molecule has 2 heterocycles. The van der Waals surface area contributed by atoms with Gasteiger partial charge >= 0.3 is 0 Å². The fraction of sp³-hybridized carbons (Fsp3) is 0.200. The Labute approximate surface area is 198 Å². The highest BCUT2D eigenvalue weighted by molar-refractivity contribution is 7.89. The van der Waals surface area contributed by atoms with Crippen LogP contribution in [0, 0.1) is 13.8 Å². The summed E-state index contributed by atoms with van der Waals surface area (Å²) in [5, 5.41) is 2.84. The molecule has 0 unspecified atom stereocenters. The average molecular weight is 479 g/mol. The number of pyridine rings is 1. The number of anilines is 1. The molecule has 0 aliphatic rings. The van der Waals surface area contributed by atoms with Gasteiger partial charge in [0.25, 0.3) is 5.91 Å². The van der Waals surface area contributed by atoms with Crippen LogP contribution in [0.3, 0.4) is 0 Å². The van der Waals surface area contributed by atoms with Gasteiger partial charge in [-0.2, -0.15) is 0 Å². The Morgan fingerprint density at radius 3 is 2.62 bits per heavy atom. The zero-order chi connectivity index (χ0) is 24.5. The minimum Gasteiger partial charge on any atom is -0.487 e. The SMILES string of the molecule is Cc1cc(S(=O)(=O)N(C)C)cc(NC(=O)c2cccc(OCc3cn4ccccc4n3)c2)c1C.